The summed E-state index contributed by atoms with van der Waals surface area (Å²) in [4.78, 5) is 24.7. The molecule has 0 saturated heterocycles. The Labute approximate surface area is 190 Å². The van der Waals surface area contributed by atoms with Crippen molar-refractivity contribution in [2.45, 2.75) is 33.3 Å². The number of para-hydroxylation sites is 1. The van der Waals surface area contributed by atoms with Crippen LogP contribution in [-0.4, -0.2) is 18.5 Å². The molecule has 1 fully saturated rings. The lowest BCUT2D eigenvalue weighted by Gasteiger charge is -2.19. The maximum Gasteiger partial charge on any atom is 0.366 e. The Bertz CT molecular complexity index is 1120. The first-order valence-corrected chi connectivity index (χ1v) is 10.3. The number of benzene rings is 2. The Kier molecular flexibility index (Phi) is 6.82. The first-order chi connectivity index (χ1) is 15.6. The van der Waals surface area contributed by atoms with Crippen LogP contribution in [-0.2, 0) is 19.1 Å². The molecule has 0 spiro atoms. The van der Waals surface area contributed by atoms with Gasteiger partial charge < -0.3 is 14.2 Å². The average molecular weight is 455 g/mol. The Morgan fingerprint density at radius 1 is 1.21 bits per heavy atom. The van der Waals surface area contributed by atoms with Crippen molar-refractivity contribution in [1.29, 1.82) is 5.26 Å². The molecule has 0 amide bonds. The van der Waals surface area contributed by atoms with Crippen molar-refractivity contribution in [2.24, 2.45) is 10.8 Å². The van der Waals surface area contributed by atoms with E-state index in [0.717, 1.165) is 12.1 Å². The maximum absolute atomic E-state index is 14.3. The molecule has 1 aliphatic carbocycles. The molecule has 0 N–H and O–H groups in total. The molecule has 3 rings (SSSR count). The molecule has 6 nitrogen and oxygen atoms in total. The number of esters is 2. The third-order valence-electron chi connectivity index (χ3n) is 5.58. The number of nitriles is 1. The van der Waals surface area contributed by atoms with Crippen LogP contribution in [0, 0.1) is 28.0 Å². The van der Waals surface area contributed by atoms with Crippen molar-refractivity contribution in [2.75, 3.05) is 6.61 Å². The zero-order valence-corrected chi connectivity index (χ0v) is 18.4. The lowest BCUT2D eigenvalue weighted by atomic mass is 9.95. The quantitative estimate of drug-likeness (QED) is 0.383. The van der Waals surface area contributed by atoms with Gasteiger partial charge in [-0.3, -0.25) is 4.79 Å². The topological polar surface area (TPSA) is 85.6 Å². The standard InChI is InChI=1S/C25H23F2NO5/c1-4-31-22(29)19(27)13-25(15-24(25,2)3)23(30)33-21(14-28)16-10-11-18(26)20(12-16)32-17-8-6-5-7-9-17/h5-13,21H,4,15H2,1-3H3/t21-,25-/m1/s1. The van der Waals surface area contributed by atoms with Gasteiger partial charge in [-0.25, -0.2) is 9.18 Å². The van der Waals surface area contributed by atoms with Gasteiger partial charge >= 0.3 is 11.9 Å². The Morgan fingerprint density at radius 2 is 1.88 bits per heavy atom. The fourth-order valence-corrected chi connectivity index (χ4v) is 3.54. The van der Waals surface area contributed by atoms with Crippen LogP contribution < -0.4 is 4.74 Å². The van der Waals surface area contributed by atoms with E-state index in [0.29, 0.717) is 5.75 Å². The molecule has 0 aliphatic heterocycles. The third-order valence-corrected chi connectivity index (χ3v) is 5.58. The van der Waals surface area contributed by atoms with Gasteiger partial charge in [0.05, 0.1) is 12.0 Å². The van der Waals surface area contributed by atoms with E-state index in [1.807, 2.05) is 6.07 Å². The van der Waals surface area contributed by atoms with Crippen LogP contribution in [0.4, 0.5) is 8.78 Å². The molecule has 2 atom stereocenters. The Hall–Kier alpha value is -3.73. The van der Waals surface area contributed by atoms with Crippen LogP contribution in [0.1, 0.15) is 38.9 Å². The molecule has 2 aromatic carbocycles. The van der Waals surface area contributed by atoms with E-state index in [4.69, 9.17) is 9.47 Å². The van der Waals surface area contributed by atoms with Crippen molar-refractivity contribution < 1.29 is 32.6 Å². The van der Waals surface area contributed by atoms with Gasteiger partial charge in [-0.05, 0) is 49.1 Å². The van der Waals surface area contributed by atoms with Gasteiger partial charge in [0.2, 0.25) is 11.9 Å². The lowest BCUT2D eigenvalue weighted by molar-refractivity contribution is -0.152. The van der Waals surface area contributed by atoms with Crippen LogP contribution in [0.3, 0.4) is 0 Å². The second-order valence-corrected chi connectivity index (χ2v) is 8.26. The number of halogens is 2. The fraction of sp³-hybridized carbons (Fsp3) is 0.320. The van der Waals surface area contributed by atoms with E-state index in [9.17, 15) is 23.6 Å². The largest absolute Gasteiger partial charge is 0.461 e. The summed E-state index contributed by atoms with van der Waals surface area (Å²) >= 11 is 0. The first-order valence-electron chi connectivity index (χ1n) is 10.3. The second kappa shape index (κ2) is 9.41. The molecule has 33 heavy (non-hydrogen) atoms. The van der Waals surface area contributed by atoms with Crippen molar-refractivity contribution in [3.8, 4) is 17.6 Å². The van der Waals surface area contributed by atoms with Gasteiger partial charge in [0, 0.05) is 5.56 Å². The molecule has 0 heterocycles. The van der Waals surface area contributed by atoms with Crippen LogP contribution in [0.15, 0.2) is 60.4 Å². The average Bonchev–Trinajstić information content (AvgIpc) is 3.35. The minimum atomic E-state index is -1.43. The SMILES string of the molecule is CCOC(=O)C(F)=C[C@]1(C(=O)O[C@H](C#N)c2ccc(F)c(Oc3ccccc3)c2)CC1(C)C. The Morgan fingerprint density at radius 3 is 2.45 bits per heavy atom. The highest BCUT2D eigenvalue weighted by Gasteiger charge is 2.67. The summed E-state index contributed by atoms with van der Waals surface area (Å²) in [5.74, 6) is -3.67. The normalized spacial score (nSPS) is 19.7. The summed E-state index contributed by atoms with van der Waals surface area (Å²) in [6, 6.07) is 14.0. The van der Waals surface area contributed by atoms with Crippen LogP contribution in [0.25, 0.3) is 0 Å². The second-order valence-electron chi connectivity index (χ2n) is 8.26. The number of ether oxygens (including phenoxy) is 3. The summed E-state index contributed by atoms with van der Waals surface area (Å²) in [5, 5.41) is 9.61. The van der Waals surface area contributed by atoms with Crippen LogP contribution in [0.2, 0.25) is 0 Å². The van der Waals surface area contributed by atoms with E-state index in [-0.39, 0.29) is 24.3 Å². The van der Waals surface area contributed by atoms with Crippen LogP contribution in [0.5, 0.6) is 11.5 Å². The molecule has 8 heteroatoms. The van der Waals surface area contributed by atoms with E-state index >= 15 is 0 Å². The summed E-state index contributed by atoms with van der Waals surface area (Å²) in [5.41, 5.74) is -1.94. The fourth-order valence-electron chi connectivity index (χ4n) is 3.54. The number of carbonyl (C=O) groups is 2. The van der Waals surface area contributed by atoms with E-state index < -0.39 is 40.5 Å². The van der Waals surface area contributed by atoms with Gasteiger partial charge in [0.25, 0.3) is 0 Å². The zero-order valence-electron chi connectivity index (χ0n) is 18.4. The van der Waals surface area contributed by atoms with Crippen LogP contribution >= 0.6 is 0 Å². The van der Waals surface area contributed by atoms with Gasteiger partial charge in [-0.2, -0.15) is 9.65 Å². The molecule has 2 aromatic rings. The Balaban J connectivity index is 1.83. The molecule has 1 saturated carbocycles. The molecule has 1 aliphatic rings. The van der Waals surface area contributed by atoms with Gasteiger partial charge in [-0.15, -0.1) is 0 Å². The van der Waals surface area contributed by atoms with Crippen molar-refractivity contribution in [3.63, 3.8) is 0 Å². The first kappa shape index (κ1) is 23.9. The lowest BCUT2D eigenvalue weighted by Crippen LogP contribution is -2.25. The van der Waals surface area contributed by atoms with Crippen molar-refractivity contribution in [1.82, 2.24) is 0 Å². The monoisotopic (exact) mass is 455 g/mol. The smallest absolute Gasteiger partial charge is 0.366 e. The highest BCUT2D eigenvalue weighted by molar-refractivity contribution is 5.90. The van der Waals surface area contributed by atoms with Gasteiger partial charge in [-0.1, -0.05) is 38.1 Å². The van der Waals surface area contributed by atoms with Crippen molar-refractivity contribution in [3.05, 3.63) is 71.8 Å². The number of rotatable bonds is 8. The summed E-state index contributed by atoms with van der Waals surface area (Å²) in [6.07, 6.45) is -0.282. The summed E-state index contributed by atoms with van der Waals surface area (Å²) < 4.78 is 44.1. The highest BCUT2D eigenvalue weighted by atomic mass is 19.1. The predicted octanol–water partition coefficient (Wildman–Crippen LogP) is 5.56. The number of carbonyl (C=O) groups excluding carboxylic acids is 2. The highest BCUT2D eigenvalue weighted by Crippen LogP contribution is 2.65. The molecular weight excluding hydrogens is 432 g/mol. The third kappa shape index (κ3) is 5.03. The molecule has 0 bridgehead atoms. The molecule has 0 unspecified atom stereocenters. The predicted molar refractivity (Wildman–Crippen MR) is 114 cm³/mol. The number of hydrogen-bond acceptors (Lipinski definition) is 6. The summed E-state index contributed by atoms with van der Waals surface area (Å²) in [7, 11) is 0. The van der Waals surface area contributed by atoms with Crippen molar-refractivity contribution >= 4 is 11.9 Å². The van der Waals surface area contributed by atoms with E-state index in [2.05, 4.69) is 4.74 Å². The molecular formula is C25H23F2NO5. The molecule has 172 valence electrons. The number of nitrogens with zero attached hydrogens (tertiary/aromatic N) is 1. The van der Waals surface area contributed by atoms with E-state index in [1.165, 1.54) is 19.1 Å². The maximum atomic E-state index is 14.3. The van der Waals surface area contributed by atoms with Gasteiger partial charge in [0.15, 0.2) is 11.6 Å². The minimum Gasteiger partial charge on any atom is -0.461 e. The van der Waals surface area contributed by atoms with E-state index in [1.54, 1.807) is 44.2 Å². The molecule has 0 aromatic heterocycles. The zero-order chi connectivity index (χ0) is 24.2. The van der Waals surface area contributed by atoms with Gasteiger partial charge in [0.1, 0.15) is 11.8 Å². The minimum absolute atomic E-state index is 0.0185. The summed E-state index contributed by atoms with van der Waals surface area (Å²) in [6.45, 7) is 4.95. The molecule has 0 radical (unpaired) electrons. The number of hydrogen-bond donors (Lipinski definition) is 0.